The molecule has 0 amide bonds. The van der Waals surface area contributed by atoms with E-state index in [4.69, 9.17) is 4.74 Å². The van der Waals surface area contributed by atoms with Crippen molar-refractivity contribution in [3.63, 3.8) is 0 Å². The lowest BCUT2D eigenvalue weighted by atomic mass is 10.1. The normalized spacial score (nSPS) is 11.0. The van der Waals surface area contributed by atoms with Crippen molar-refractivity contribution in [2.24, 2.45) is 0 Å². The highest BCUT2D eigenvalue weighted by atomic mass is 79.9. The Hall–Kier alpha value is 1.60. The first-order valence-electron chi connectivity index (χ1n) is 5.81. The molecule has 0 aliphatic carbocycles. The van der Waals surface area contributed by atoms with Crippen LogP contribution in [0, 0.1) is 13.8 Å². The molecular weight excluding hydrogens is 743 g/mol. The van der Waals surface area contributed by atoms with Crippen LogP contribution in [0.2, 0.25) is 0 Å². The molecule has 1 nitrogen and oxygen atoms in total. The highest BCUT2D eigenvalue weighted by Crippen LogP contribution is 2.48. The molecule has 0 fully saturated rings. The average Bonchev–Trinajstić information content (AvgIpc) is 2.50. The van der Waals surface area contributed by atoms with E-state index < -0.39 is 0 Å². The van der Waals surface area contributed by atoms with Gasteiger partial charge in [-0.3, -0.25) is 0 Å². The minimum absolute atomic E-state index is 0.708. The molecule has 0 bridgehead atoms. The lowest BCUT2D eigenvalue weighted by Gasteiger charge is -2.18. The largest absolute Gasteiger partial charge is 0.455 e. The fourth-order valence-electron chi connectivity index (χ4n) is 1.72. The molecule has 0 saturated heterocycles. The van der Waals surface area contributed by atoms with E-state index >= 15 is 0 Å². The second-order valence-corrected chi connectivity index (χ2v) is 10.0. The number of rotatable bonds is 2. The van der Waals surface area contributed by atoms with Gasteiger partial charge in [-0.2, -0.15) is 0 Å². The lowest BCUT2D eigenvalue weighted by molar-refractivity contribution is 0.470. The molecule has 0 aromatic heterocycles. The first-order chi connectivity index (χ1) is 10.2. The summed E-state index contributed by atoms with van der Waals surface area (Å²) in [5, 5.41) is 0. The summed E-state index contributed by atoms with van der Waals surface area (Å²) in [6.45, 7) is 4.08. The van der Waals surface area contributed by atoms with Crippen molar-refractivity contribution in [2.45, 2.75) is 13.8 Å². The Morgan fingerprint density at radius 3 is 1.77 bits per heavy atom. The van der Waals surface area contributed by atoms with E-state index in [1.807, 2.05) is 19.9 Å². The van der Waals surface area contributed by atoms with Crippen LogP contribution < -0.4 is 4.74 Å². The third-order valence-electron chi connectivity index (χ3n) is 3.10. The van der Waals surface area contributed by atoms with Gasteiger partial charge < -0.3 is 4.74 Å². The molecule has 0 aliphatic rings. The van der Waals surface area contributed by atoms with Gasteiger partial charge >= 0.3 is 0 Å². The van der Waals surface area contributed by atoms with Gasteiger partial charge in [0, 0.05) is 17.9 Å². The zero-order valence-corrected chi connectivity index (χ0v) is 22.2. The van der Waals surface area contributed by atoms with Gasteiger partial charge in [-0.05, 0) is 143 Å². The van der Waals surface area contributed by atoms with Crippen LogP contribution >= 0.6 is 112 Å². The second kappa shape index (κ2) is 7.87. The molecule has 0 atom stereocenters. The highest BCUT2D eigenvalue weighted by molar-refractivity contribution is 9.15. The van der Waals surface area contributed by atoms with Crippen LogP contribution in [-0.2, 0) is 0 Å². The quantitative estimate of drug-likeness (QED) is 0.220. The smallest absolute Gasteiger partial charge is 0.146 e. The second-order valence-electron chi connectivity index (χ2n) is 4.42. The Morgan fingerprint density at radius 2 is 1.18 bits per heavy atom. The third-order valence-corrected chi connectivity index (χ3v) is 11.3. The van der Waals surface area contributed by atoms with Crippen LogP contribution in [0.3, 0.4) is 0 Å². The summed E-state index contributed by atoms with van der Waals surface area (Å²) in [6.07, 6.45) is 0. The standard InChI is InChI=1S/C14H7Br7O/c1-4-5(2)14(13(21)11(19)8(4)16)22-7-3-6(15)9(17)12(20)10(7)18/h3H,1-2H3. The minimum atomic E-state index is 0.708. The Morgan fingerprint density at radius 1 is 0.636 bits per heavy atom. The van der Waals surface area contributed by atoms with Gasteiger partial charge in [-0.25, -0.2) is 0 Å². The molecule has 2 aromatic carbocycles. The molecule has 0 saturated carbocycles. The molecule has 22 heavy (non-hydrogen) atoms. The average molecular weight is 751 g/mol. The van der Waals surface area contributed by atoms with Crippen molar-refractivity contribution in [1.29, 1.82) is 0 Å². The van der Waals surface area contributed by atoms with Crippen molar-refractivity contribution >= 4 is 112 Å². The van der Waals surface area contributed by atoms with Gasteiger partial charge in [0.25, 0.3) is 0 Å². The monoisotopic (exact) mass is 743 g/mol. The van der Waals surface area contributed by atoms with E-state index in [9.17, 15) is 0 Å². The van der Waals surface area contributed by atoms with Crippen molar-refractivity contribution in [1.82, 2.24) is 0 Å². The van der Waals surface area contributed by atoms with E-state index in [1.54, 1.807) is 0 Å². The molecule has 0 heterocycles. The molecule has 0 aliphatic heterocycles. The molecule has 0 unspecified atom stereocenters. The highest BCUT2D eigenvalue weighted by Gasteiger charge is 2.20. The van der Waals surface area contributed by atoms with E-state index in [-0.39, 0.29) is 0 Å². The van der Waals surface area contributed by atoms with Gasteiger partial charge in [0.2, 0.25) is 0 Å². The zero-order chi connectivity index (χ0) is 16.8. The SMILES string of the molecule is Cc1c(C)c(Oc2cc(Br)c(Br)c(Br)c2Br)c(Br)c(Br)c1Br. The van der Waals surface area contributed by atoms with Crippen molar-refractivity contribution in [3.8, 4) is 11.5 Å². The fourth-order valence-corrected chi connectivity index (χ4v) is 5.59. The summed E-state index contributed by atoms with van der Waals surface area (Å²) < 4.78 is 12.5. The van der Waals surface area contributed by atoms with Crippen LogP contribution in [0.15, 0.2) is 37.4 Å². The number of benzene rings is 2. The third kappa shape index (κ3) is 3.73. The van der Waals surface area contributed by atoms with Gasteiger partial charge in [-0.1, -0.05) is 0 Å². The Balaban J connectivity index is 2.63. The summed E-state index contributed by atoms with van der Waals surface area (Å²) in [5.41, 5.74) is 2.18. The van der Waals surface area contributed by atoms with Crippen LogP contribution in [-0.4, -0.2) is 0 Å². The Labute approximate surface area is 187 Å². The molecule has 8 heteroatoms. The Bertz CT molecular complexity index is 742. The van der Waals surface area contributed by atoms with Gasteiger partial charge in [0.1, 0.15) is 11.5 Å². The summed E-state index contributed by atoms with van der Waals surface area (Å²) in [6, 6.07) is 1.91. The van der Waals surface area contributed by atoms with E-state index in [2.05, 4.69) is 112 Å². The van der Waals surface area contributed by atoms with Crippen LogP contribution in [0.25, 0.3) is 0 Å². The minimum Gasteiger partial charge on any atom is -0.455 e. The summed E-state index contributed by atoms with van der Waals surface area (Å²) in [7, 11) is 0. The topological polar surface area (TPSA) is 9.23 Å². The first kappa shape index (κ1) is 19.9. The number of hydrogen-bond acceptors (Lipinski definition) is 1. The van der Waals surface area contributed by atoms with E-state index in [0.29, 0.717) is 5.75 Å². The Kier molecular flexibility index (Phi) is 7.13. The number of ether oxygens (including phenoxy) is 1. The summed E-state index contributed by atoms with van der Waals surface area (Å²) in [5.74, 6) is 1.48. The maximum absolute atomic E-state index is 6.18. The molecule has 0 radical (unpaired) electrons. The predicted octanol–water partition coefficient (Wildman–Crippen LogP) is 9.43. The maximum Gasteiger partial charge on any atom is 0.146 e. The fraction of sp³-hybridized carbons (Fsp3) is 0.143. The maximum atomic E-state index is 6.18. The zero-order valence-electron chi connectivity index (χ0n) is 11.1. The van der Waals surface area contributed by atoms with E-state index in [0.717, 1.165) is 48.2 Å². The van der Waals surface area contributed by atoms with Gasteiger partial charge in [0.15, 0.2) is 0 Å². The summed E-state index contributed by atoms with van der Waals surface area (Å²) in [4.78, 5) is 0. The molecule has 118 valence electrons. The molecule has 0 N–H and O–H groups in total. The first-order valence-corrected chi connectivity index (χ1v) is 11.4. The summed E-state index contributed by atoms with van der Waals surface area (Å²) >= 11 is 24.9. The van der Waals surface area contributed by atoms with Gasteiger partial charge in [-0.15, -0.1) is 0 Å². The molecule has 2 rings (SSSR count). The molecular formula is C14H7Br7O. The molecule has 2 aromatic rings. The number of halogens is 7. The van der Waals surface area contributed by atoms with Gasteiger partial charge in [0.05, 0.1) is 13.4 Å². The predicted molar refractivity (Wildman–Crippen MR) is 116 cm³/mol. The van der Waals surface area contributed by atoms with Crippen molar-refractivity contribution in [3.05, 3.63) is 48.5 Å². The van der Waals surface area contributed by atoms with Crippen molar-refractivity contribution < 1.29 is 4.74 Å². The van der Waals surface area contributed by atoms with Crippen LogP contribution in [0.5, 0.6) is 11.5 Å². The molecule has 0 spiro atoms. The van der Waals surface area contributed by atoms with Crippen LogP contribution in [0.4, 0.5) is 0 Å². The lowest BCUT2D eigenvalue weighted by Crippen LogP contribution is -1.96. The van der Waals surface area contributed by atoms with Crippen molar-refractivity contribution in [2.75, 3.05) is 0 Å². The van der Waals surface area contributed by atoms with E-state index in [1.165, 1.54) is 0 Å². The van der Waals surface area contributed by atoms with Crippen LogP contribution in [0.1, 0.15) is 11.1 Å². The number of hydrogen-bond donors (Lipinski definition) is 0.